The second-order valence-electron chi connectivity index (χ2n) is 8.48. The molecule has 1 saturated heterocycles. The molecule has 6 nitrogen and oxygen atoms in total. The third kappa shape index (κ3) is 4.25. The third-order valence-electron chi connectivity index (χ3n) is 6.17. The summed E-state index contributed by atoms with van der Waals surface area (Å²) >= 11 is 0. The highest BCUT2D eigenvalue weighted by Gasteiger charge is 2.33. The molecule has 6 heteroatoms. The van der Waals surface area contributed by atoms with E-state index in [1.807, 2.05) is 46.0 Å². The zero-order valence-electron chi connectivity index (χ0n) is 19.4. The highest BCUT2D eigenvalue weighted by Crippen LogP contribution is 2.35. The van der Waals surface area contributed by atoms with Crippen LogP contribution in [-0.4, -0.2) is 31.7 Å². The van der Waals surface area contributed by atoms with Crippen LogP contribution in [0.15, 0.2) is 67.1 Å². The van der Waals surface area contributed by atoms with Crippen molar-refractivity contribution in [3.05, 3.63) is 84.1 Å². The summed E-state index contributed by atoms with van der Waals surface area (Å²) in [6, 6.07) is 16.2. The second-order valence-corrected chi connectivity index (χ2v) is 8.48. The van der Waals surface area contributed by atoms with Crippen LogP contribution in [-0.2, 0) is 11.4 Å². The molecule has 0 aliphatic carbocycles. The molecule has 1 aliphatic heterocycles. The Morgan fingerprint density at radius 3 is 2.71 bits per heavy atom. The predicted molar refractivity (Wildman–Crippen MR) is 131 cm³/mol. The smallest absolute Gasteiger partial charge is 0.299 e. The molecule has 5 rings (SSSR count). The van der Waals surface area contributed by atoms with Crippen LogP contribution in [0.25, 0.3) is 16.8 Å². The Bertz CT molecular complexity index is 1380. The van der Waals surface area contributed by atoms with Crippen LogP contribution in [0, 0.1) is 18.8 Å². The van der Waals surface area contributed by atoms with Crippen molar-refractivity contribution in [2.24, 2.45) is 0 Å². The molecular weight excluding hydrogens is 424 g/mol. The molecule has 170 valence electrons. The van der Waals surface area contributed by atoms with E-state index in [0.717, 1.165) is 46.8 Å². The van der Waals surface area contributed by atoms with Crippen LogP contribution in [0.5, 0.6) is 5.75 Å². The number of amides is 1. The number of aryl methyl sites for hydroxylation is 1. The minimum absolute atomic E-state index is 0.0980. The van der Waals surface area contributed by atoms with Crippen LogP contribution in [0.4, 0.5) is 0 Å². The minimum atomic E-state index is -0.143. The zero-order chi connectivity index (χ0) is 23.5. The van der Waals surface area contributed by atoms with Crippen LogP contribution < -0.4 is 4.74 Å². The third-order valence-corrected chi connectivity index (χ3v) is 6.17. The lowest BCUT2D eigenvalue weighted by Crippen LogP contribution is -2.30. The van der Waals surface area contributed by atoms with Gasteiger partial charge in [0.25, 0.3) is 5.91 Å². The molecule has 1 aliphatic rings. The summed E-state index contributed by atoms with van der Waals surface area (Å²) in [7, 11) is 0. The van der Waals surface area contributed by atoms with Crippen molar-refractivity contribution in [1.82, 2.24) is 19.3 Å². The summed E-state index contributed by atoms with van der Waals surface area (Å²) in [6.07, 6.45) is 7.30. The topological polar surface area (TPSA) is 59.7 Å². The number of carbonyl (C=O) groups excluding carboxylic acids is 1. The maximum Gasteiger partial charge on any atom is 0.299 e. The van der Waals surface area contributed by atoms with Gasteiger partial charge in [0.2, 0.25) is 0 Å². The Morgan fingerprint density at radius 1 is 1.15 bits per heavy atom. The summed E-state index contributed by atoms with van der Waals surface area (Å²) in [5, 5.41) is 0. The average molecular weight is 451 g/mol. The van der Waals surface area contributed by atoms with Crippen molar-refractivity contribution >= 4 is 11.4 Å². The van der Waals surface area contributed by atoms with Gasteiger partial charge in [-0.3, -0.25) is 14.2 Å². The predicted octanol–water partition coefficient (Wildman–Crippen LogP) is 4.97. The SMILES string of the molecule is CC#CC(=O)N1CCC[C@H]1c1nc(-c2ccc(COc3ccc(C)cc3)cc2)c2cnccn12. The van der Waals surface area contributed by atoms with Gasteiger partial charge in [-0.05, 0) is 50.3 Å². The van der Waals surface area contributed by atoms with Gasteiger partial charge in [-0.1, -0.05) is 47.9 Å². The minimum Gasteiger partial charge on any atom is -0.489 e. The lowest BCUT2D eigenvalue weighted by atomic mass is 10.1. The van der Waals surface area contributed by atoms with Gasteiger partial charge in [-0.2, -0.15) is 0 Å². The number of benzene rings is 2. The molecule has 0 N–H and O–H groups in total. The summed E-state index contributed by atoms with van der Waals surface area (Å²) in [5.74, 6) is 6.97. The van der Waals surface area contributed by atoms with Crippen molar-refractivity contribution in [2.75, 3.05) is 6.54 Å². The summed E-state index contributed by atoms with van der Waals surface area (Å²) in [4.78, 5) is 23.7. The van der Waals surface area contributed by atoms with Crippen molar-refractivity contribution in [2.45, 2.75) is 39.3 Å². The molecule has 34 heavy (non-hydrogen) atoms. The molecule has 0 radical (unpaired) electrons. The molecule has 0 saturated carbocycles. The van der Waals surface area contributed by atoms with Crippen LogP contribution in [0.1, 0.15) is 42.8 Å². The fourth-order valence-electron chi connectivity index (χ4n) is 4.43. The van der Waals surface area contributed by atoms with Gasteiger partial charge >= 0.3 is 0 Å². The number of ether oxygens (including phenoxy) is 1. The fourth-order valence-corrected chi connectivity index (χ4v) is 4.43. The molecule has 2 aromatic heterocycles. The fraction of sp³-hybridized carbons (Fsp3) is 0.250. The van der Waals surface area contributed by atoms with Crippen molar-refractivity contribution in [3.63, 3.8) is 0 Å². The van der Waals surface area contributed by atoms with E-state index < -0.39 is 0 Å². The van der Waals surface area contributed by atoms with Gasteiger partial charge in [0.15, 0.2) is 0 Å². The maximum absolute atomic E-state index is 12.6. The van der Waals surface area contributed by atoms with Gasteiger partial charge in [0, 0.05) is 24.5 Å². The molecule has 1 fully saturated rings. The summed E-state index contributed by atoms with van der Waals surface area (Å²) < 4.78 is 7.96. The monoisotopic (exact) mass is 450 g/mol. The second kappa shape index (κ2) is 9.40. The standard InChI is InChI=1S/C28H26N4O2/c1-3-5-26(33)31-16-4-6-24(31)28-30-27(25-18-29-15-17-32(25)28)22-11-9-21(10-12-22)19-34-23-13-7-20(2)8-14-23/h7-15,17-18,24H,4,6,16,19H2,1-2H3/t24-/m0/s1. The molecule has 0 spiro atoms. The first kappa shape index (κ1) is 21.7. The van der Waals surface area contributed by atoms with Gasteiger partial charge in [-0.15, -0.1) is 0 Å². The summed E-state index contributed by atoms with van der Waals surface area (Å²) in [6.45, 7) is 4.94. The number of carbonyl (C=O) groups is 1. The normalized spacial score (nSPS) is 15.2. The van der Waals surface area contributed by atoms with Gasteiger partial charge in [-0.25, -0.2) is 4.98 Å². The number of aromatic nitrogens is 3. The molecule has 0 bridgehead atoms. The number of imidazole rings is 1. The number of nitrogens with zero attached hydrogens (tertiary/aromatic N) is 4. The Morgan fingerprint density at radius 2 is 1.94 bits per heavy atom. The Kier molecular flexibility index (Phi) is 6.01. The van der Waals surface area contributed by atoms with Crippen molar-refractivity contribution in [3.8, 4) is 28.8 Å². The van der Waals surface area contributed by atoms with E-state index >= 15 is 0 Å². The number of likely N-dealkylation sites (tertiary alicyclic amines) is 1. The molecule has 2 aromatic carbocycles. The van der Waals surface area contributed by atoms with Crippen LogP contribution >= 0.6 is 0 Å². The van der Waals surface area contributed by atoms with E-state index in [0.29, 0.717) is 13.2 Å². The molecule has 1 amide bonds. The quantitative estimate of drug-likeness (QED) is 0.403. The van der Waals surface area contributed by atoms with E-state index in [1.165, 1.54) is 5.56 Å². The number of hydrogen-bond acceptors (Lipinski definition) is 4. The van der Waals surface area contributed by atoms with E-state index in [1.54, 1.807) is 13.1 Å². The average Bonchev–Trinajstić information content (AvgIpc) is 3.49. The highest BCUT2D eigenvalue weighted by molar-refractivity contribution is 5.94. The van der Waals surface area contributed by atoms with E-state index in [4.69, 9.17) is 9.72 Å². The van der Waals surface area contributed by atoms with E-state index in [-0.39, 0.29) is 11.9 Å². The Hall–Kier alpha value is -4.11. The first-order chi connectivity index (χ1) is 16.6. The summed E-state index contributed by atoms with van der Waals surface area (Å²) in [5.41, 5.74) is 5.06. The van der Waals surface area contributed by atoms with Crippen molar-refractivity contribution in [1.29, 1.82) is 0 Å². The zero-order valence-corrected chi connectivity index (χ0v) is 19.4. The lowest BCUT2D eigenvalue weighted by Gasteiger charge is -2.21. The van der Waals surface area contributed by atoms with Crippen molar-refractivity contribution < 1.29 is 9.53 Å². The number of fused-ring (bicyclic) bond motifs is 1. The molecule has 3 heterocycles. The number of hydrogen-bond donors (Lipinski definition) is 0. The van der Waals surface area contributed by atoms with Gasteiger partial charge in [0.05, 0.1) is 23.4 Å². The van der Waals surface area contributed by atoms with Gasteiger partial charge < -0.3 is 9.64 Å². The molecule has 1 atom stereocenters. The number of rotatable bonds is 5. The lowest BCUT2D eigenvalue weighted by molar-refractivity contribution is -0.126. The first-order valence-corrected chi connectivity index (χ1v) is 11.5. The highest BCUT2D eigenvalue weighted by atomic mass is 16.5. The first-order valence-electron chi connectivity index (χ1n) is 11.5. The molecule has 4 aromatic rings. The molecular formula is C28H26N4O2. The largest absolute Gasteiger partial charge is 0.489 e. The van der Waals surface area contributed by atoms with Crippen LogP contribution in [0.3, 0.4) is 0 Å². The molecule has 0 unspecified atom stereocenters. The van der Waals surface area contributed by atoms with Gasteiger partial charge in [0.1, 0.15) is 18.2 Å². The van der Waals surface area contributed by atoms with Crippen LogP contribution in [0.2, 0.25) is 0 Å². The Labute approximate surface area is 199 Å². The van der Waals surface area contributed by atoms with E-state index in [9.17, 15) is 4.79 Å². The van der Waals surface area contributed by atoms with E-state index in [2.05, 4.69) is 48.0 Å². The Balaban J connectivity index is 1.42. The maximum atomic E-state index is 12.6.